The number of anilines is 1. The van der Waals surface area contributed by atoms with Crippen LogP contribution >= 0.6 is 0 Å². The molecule has 7 heteroatoms. The first-order valence-corrected chi connectivity index (χ1v) is 13.6. The number of benzene rings is 2. The van der Waals surface area contributed by atoms with Crippen LogP contribution in [0.3, 0.4) is 0 Å². The van der Waals surface area contributed by atoms with Gasteiger partial charge in [-0.1, -0.05) is 54.6 Å². The summed E-state index contributed by atoms with van der Waals surface area (Å²) in [5.74, 6) is 0.770. The van der Waals surface area contributed by atoms with E-state index in [1.165, 1.54) is 12.0 Å². The molecule has 0 aliphatic heterocycles. The fraction of sp³-hybridized carbons (Fsp3) is 0.387. The number of carbonyl (C=O) groups excluding carboxylic acids is 2. The first kappa shape index (κ1) is 25.9. The maximum Gasteiger partial charge on any atom is 0.407 e. The maximum absolute atomic E-state index is 12.9. The number of pyridine rings is 1. The lowest BCUT2D eigenvalue weighted by atomic mass is 9.72. The summed E-state index contributed by atoms with van der Waals surface area (Å²) in [5, 5.41) is 5.50. The Bertz CT molecular complexity index is 1260. The zero-order chi connectivity index (χ0) is 26.5. The molecule has 0 bridgehead atoms. The summed E-state index contributed by atoms with van der Waals surface area (Å²) in [5.41, 5.74) is 11.7. The molecular weight excluding hydrogens is 476 g/mol. The molecule has 38 heavy (non-hydrogen) atoms. The normalized spacial score (nSPS) is 20.2. The average Bonchev–Trinajstić information content (AvgIpc) is 2.93. The van der Waals surface area contributed by atoms with Gasteiger partial charge in [0.1, 0.15) is 11.9 Å². The van der Waals surface area contributed by atoms with Crippen LogP contribution < -0.4 is 16.4 Å². The van der Waals surface area contributed by atoms with Crippen molar-refractivity contribution in [1.29, 1.82) is 0 Å². The van der Waals surface area contributed by atoms with E-state index in [0.717, 1.165) is 60.8 Å². The van der Waals surface area contributed by atoms with Crippen LogP contribution in [0.2, 0.25) is 0 Å². The molecule has 0 radical (unpaired) electrons. The summed E-state index contributed by atoms with van der Waals surface area (Å²) in [6.07, 6.45) is 8.32. The van der Waals surface area contributed by atoms with Gasteiger partial charge in [-0.25, -0.2) is 9.78 Å². The van der Waals surface area contributed by atoms with Crippen molar-refractivity contribution in [3.05, 3.63) is 72.4 Å². The lowest BCUT2D eigenvalue weighted by molar-refractivity contribution is -0.117. The summed E-state index contributed by atoms with van der Waals surface area (Å²) in [6.45, 7) is 0. The average molecular weight is 513 g/mol. The van der Waals surface area contributed by atoms with E-state index in [2.05, 4.69) is 52.0 Å². The minimum atomic E-state index is -0.396. The molecule has 0 spiro atoms. The van der Waals surface area contributed by atoms with E-state index in [0.29, 0.717) is 12.2 Å². The molecule has 1 heterocycles. The lowest BCUT2D eigenvalue weighted by Gasteiger charge is -2.38. The van der Waals surface area contributed by atoms with E-state index in [9.17, 15) is 9.59 Å². The highest BCUT2D eigenvalue weighted by atomic mass is 16.6. The second-order valence-corrected chi connectivity index (χ2v) is 10.6. The summed E-state index contributed by atoms with van der Waals surface area (Å²) < 4.78 is 5.36. The third-order valence-corrected chi connectivity index (χ3v) is 8.02. The van der Waals surface area contributed by atoms with Crippen LogP contribution in [-0.4, -0.2) is 30.1 Å². The Kier molecular flexibility index (Phi) is 7.74. The lowest BCUT2D eigenvalue weighted by Crippen LogP contribution is -2.43. The second kappa shape index (κ2) is 11.4. The third kappa shape index (κ3) is 5.89. The fourth-order valence-electron chi connectivity index (χ4n) is 5.56. The zero-order valence-corrected chi connectivity index (χ0v) is 21.9. The predicted molar refractivity (Wildman–Crippen MR) is 149 cm³/mol. The van der Waals surface area contributed by atoms with Crippen LogP contribution in [-0.2, 0) is 15.1 Å². The summed E-state index contributed by atoms with van der Waals surface area (Å²) in [6, 6.07) is 20.6. The molecule has 2 aromatic carbocycles. The van der Waals surface area contributed by atoms with Crippen molar-refractivity contribution in [3.63, 3.8) is 0 Å². The molecule has 1 aromatic heterocycles. The molecule has 4 N–H and O–H groups in total. The smallest absolute Gasteiger partial charge is 0.407 e. The Balaban J connectivity index is 1.29. The van der Waals surface area contributed by atoms with Gasteiger partial charge in [0.15, 0.2) is 0 Å². The molecule has 7 nitrogen and oxygen atoms in total. The number of nitrogens with one attached hydrogen (secondary N) is 2. The Morgan fingerprint density at radius 2 is 1.66 bits per heavy atom. The van der Waals surface area contributed by atoms with E-state index in [-0.39, 0.29) is 23.5 Å². The van der Waals surface area contributed by atoms with Gasteiger partial charge in [-0.15, -0.1) is 0 Å². The number of aromatic nitrogens is 1. The van der Waals surface area contributed by atoms with E-state index in [1.54, 1.807) is 7.05 Å². The number of rotatable bonds is 7. The van der Waals surface area contributed by atoms with Crippen LogP contribution in [0.15, 0.2) is 66.9 Å². The molecule has 0 atom stereocenters. The summed E-state index contributed by atoms with van der Waals surface area (Å²) >= 11 is 0. The molecule has 3 aromatic rings. The highest BCUT2D eigenvalue weighted by Gasteiger charge is 2.34. The Morgan fingerprint density at radius 3 is 2.29 bits per heavy atom. The molecule has 0 saturated heterocycles. The van der Waals surface area contributed by atoms with Crippen molar-refractivity contribution in [2.24, 2.45) is 11.7 Å². The maximum atomic E-state index is 12.9. The predicted octanol–water partition coefficient (Wildman–Crippen LogP) is 6.00. The molecule has 0 unspecified atom stereocenters. The number of nitrogens with zero attached hydrogens (tertiary/aromatic N) is 1. The van der Waals surface area contributed by atoms with Crippen LogP contribution in [0.4, 0.5) is 10.6 Å². The Morgan fingerprint density at radius 1 is 0.974 bits per heavy atom. The monoisotopic (exact) mass is 512 g/mol. The van der Waals surface area contributed by atoms with Gasteiger partial charge in [0.2, 0.25) is 5.91 Å². The number of amides is 2. The molecule has 198 valence electrons. The Labute approximate surface area is 224 Å². The van der Waals surface area contributed by atoms with Gasteiger partial charge >= 0.3 is 6.09 Å². The molecule has 2 saturated carbocycles. The standard InChI is InChI=1S/C31H36N4O3/c1-33-30(37)38-25-14-8-21(9-15-25)18-29(36)35-28-19-26(22-6-3-2-4-7-22)27(20-34-28)23-10-12-24(13-11-23)31(32)16-5-17-31/h2-4,6-7,10-13,19-21,25H,5,8-9,14-18,32H2,1H3,(H,33,37)(H,34,35,36). The molecule has 5 rings (SSSR count). The number of hydrogen-bond acceptors (Lipinski definition) is 5. The van der Waals surface area contributed by atoms with E-state index in [4.69, 9.17) is 10.5 Å². The van der Waals surface area contributed by atoms with E-state index >= 15 is 0 Å². The Hall–Kier alpha value is -3.71. The zero-order valence-electron chi connectivity index (χ0n) is 21.9. The minimum Gasteiger partial charge on any atom is -0.446 e. The van der Waals surface area contributed by atoms with Gasteiger partial charge in [0.25, 0.3) is 0 Å². The molecule has 2 amide bonds. The first-order valence-electron chi connectivity index (χ1n) is 13.6. The van der Waals surface area contributed by atoms with Gasteiger partial charge in [0.05, 0.1) is 0 Å². The number of carbonyl (C=O) groups is 2. The highest BCUT2D eigenvalue weighted by Crippen LogP contribution is 2.40. The van der Waals surface area contributed by atoms with E-state index < -0.39 is 6.09 Å². The van der Waals surface area contributed by atoms with Gasteiger partial charge in [-0.05, 0) is 79.2 Å². The molecule has 2 fully saturated rings. The number of ether oxygens (including phenoxy) is 1. The van der Waals surface area contributed by atoms with Crippen molar-refractivity contribution in [2.75, 3.05) is 12.4 Å². The molecule has 2 aliphatic rings. The van der Waals surface area contributed by atoms with E-state index in [1.807, 2.05) is 30.5 Å². The quantitative estimate of drug-likeness (QED) is 0.360. The van der Waals surface area contributed by atoms with Crippen LogP contribution in [0.5, 0.6) is 0 Å². The minimum absolute atomic E-state index is 0.0435. The van der Waals surface area contributed by atoms with Crippen LogP contribution in [0.25, 0.3) is 22.3 Å². The first-order chi connectivity index (χ1) is 18.4. The SMILES string of the molecule is CNC(=O)OC1CCC(CC(=O)Nc2cc(-c3ccccc3)c(-c3ccc(C4(N)CCC4)cc3)cn2)CC1. The van der Waals surface area contributed by atoms with Crippen molar-refractivity contribution < 1.29 is 14.3 Å². The second-order valence-electron chi connectivity index (χ2n) is 10.6. The van der Waals surface area contributed by atoms with Crippen molar-refractivity contribution in [2.45, 2.75) is 63.0 Å². The summed E-state index contributed by atoms with van der Waals surface area (Å²) in [7, 11) is 1.56. The highest BCUT2D eigenvalue weighted by molar-refractivity contribution is 5.92. The van der Waals surface area contributed by atoms with Crippen LogP contribution in [0.1, 0.15) is 56.9 Å². The van der Waals surface area contributed by atoms with Crippen LogP contribution in [0, 0.1) is 5.92 Å². The third-order valence-electron chi connectivity index (χ3n) is 8.02. The topological polar surface area (TPSA) is 106 Å². The van der Waals surface area contributed by atoms with Gasteiger partial charge in [0, 0.05) is 30.8 Å². The van der Waals surface area contributed by atoms with Gasteiger partial charge in [-0.3, -0.25) is 4.79 Å². The van der Waals surface area contributed by atoms with Crippen molar-refractivity contribution >= 4 is 17.8 Å². The molecular formula is C31H36N4O3. The van der Waals surface area contributed by atoms with Crippen molar-refractivity contribution in [1.82, 2.24) is 10.3 Å². The largest absolute Gasteiger partial charge is 0.446 e. The number of hydrogen-bond donors (Lipinski definition) is 3. The van der Waals surface area contributed by atoms with Crippen molar-refractivity contribution in [3.8, 4) is 22.3 Å². The number of nitrogens with two attached hydrogens (primary N) is 1. The van der Waals surface area contributed by atoms with Gasteiger partial charge in [-0.2, -0.15) is 0 Å². The van der Waals surface area contributed by atoms with Gasteiger partial charge < -0.3 is 21.1 Å². The number of alkyl carbamates (subject to hydrolysis) is 1. The molecule has 2 aliphatic carbocycles. The fourth-order valence-corrected chi connectivity index (χ4v) is 5.56. The summed E-state index contributed by atoms with van der Waals surface area (Å²) in [4.78, 5) is 28.9.